The summed E-state index contributed by atoms with van der Waals surface area (Å²) < 4.78 is 5.79. The first-order valence-electron chi connectivity index (χ1n) is 7.35. The summed E-state index contributed by atoms with van der Waals surface area (Å²) in [7, 11) is 0. The molecule has 0 bridgehead atoms. The highest BCUT2D eigenvalue weighted by Gasteiger charge is 2.56. The van der Waals surface area contributed by atoms with E-state index in [9.17, 15) is 5.26 Å². The lowest BCUT2D eigenvalue weighted by Crippen LogP contribution is -2.10. The molecule has 0 amide bonds. The Hall–Kier alpha value is -2.11. The van der Waals surface area contributed by atoms with Gasteiger partial charge in [-0.3, -0.25) is 0 Å². The first-order valence-corrected chi connectivity index (χ1v) is 7.35. The molecule has 0 heterocycles. The first kappa shape index (κ1) is 13.9. The van der Waals surface area contributed by atoms with Crippen molar-refractivity contribution in [2.75, 3.05) is 6.61 Å². The third-order valence-corrected chi connectivity index (χ3v) is 4.30. The Kier molecular flexibility index (Phi) is 3.77. The highest BCUT2D eigenvalue weighted by molar-refractivity contribution is 5.42. The van der Waals surface area contributed by atoms with E-state index < -0.39 is 0 Å². The normalized spacial score (nSPS) is 23.5. The number of nitriles is 1. The van der Waals surface area contributed by atoms with Gasteiger partial charge in [-0.2, -0.15) is 5.26 Å². The van der Waals surface area contributed by atoms with Crippen molar-refractivity contribution in [3.8, 4) is 6.07 Å². The molecule has 21 heavy (non-hydrogen) atoms. The van der Waals surface area contributed by atoms with Crippen LogP contribution in [0.25, 0.3) is 0 Å². The quantitative estimate of drug-likeness (QED) is 0.827. The maximum Gasteiger partial charge on any atom is 0.0877 e. The van der Waals surface area contributed by atoms with Gasteiger partial charge in [-0.25, -0.2) is 0 Å². The maximum atomic E-state index is 9.56. The Bertz CT molecular complexity index is 642. The second-order valence-corrected chi connectivity index (χ2v) is 5.85. The Labute approximate surface area is 126 Å². The van der Waals surface area contributed by atoms with Gasteiger partial charge in [0.15, 0.2) is 0 Å². The molecule has 0 spiro atoms. The lowest BCUT2D eigenvalue weighted by atomic mass is 9.94. The Morgan fingerprint density at radius 1 is 1.14 bits per heavy atom. The van der Waals surface area contributed by atoms with Crippen LogP contribution in [0.4, 0.5) is 0 Å². The van der Waals surface area contributed by atoms with Crippen molar-refractivity contribution in [2.45, 2.75) is 25.4 Å². The second-order valence-electron chi connectivity index (χ2n) is 5.85. The van der Waals surface area contributed by atoms with E-state index in [0.29, 0.717) is 19.1 Å². The number of hydrogen-bond donors (Lipinski definition) is 0. The highest BCUT2D eigenvalue weighted by Crippen LogP contribution is 2.54. The summed E-state index contributed by atoms with van der Waals surface area (Å²) >= 11 is 0. The molecule has 0 N–H and O–H groups in total. The van der Waals surface area contributed by atoms with Crippen LogP contribution in [0.2, 0.25) is 0 Å². The largest absolute Gasteiger partial charge is 0.376 e. The zero-order valence-corrected chi connectivity index (χ0v) is 12.3. The van der Waals surface area contributed by atoms with Gasteiger partial charge < -0.3 is 4.74 Å². The van der Waals surface area contributed by atoms with Crippen LogP contribution in [0.5, 0.6) is 0 Å². The Morgan fingerprint density at radius 3 is 2.52 bits per heavy atom. The minimum Gasteiger partial charge on any atom is -0.376 e. The minimum atomic E-state index is -0.329. The summed E-state index contributed by atoms with van der Waals surface area (Å²) in [6.45, 7) is 3.33. The van der Waals surface area contributed by atoms with Crippen LogP contribution in [0.15, 0.2) is 54.6 Å². The van der Waals surface area contributed by atoms with Crippen LogP contribution in [0, 0.1) is 24.2 Å². The van der Waals surface area contributed by atoms with Gasteiger partial charge >= 0.3 is 0 Å². The predicted molar refractivity (Wildman–Crippen MR) is 82.7 cm³/mol. The van der Waals surface area contributed by atoms with Gasteiger partial charge in [0.05, 0.1) is 24.7 Å². The molecule has 1 aliphatic carbocycles. The molecule has 1 saturated carbocycles. The van der Waals surface area contributed by atoms with E-state index in [0.717, 1.165) is 12.0 Å². The van der Waals surface area contributed by atoms with Crippen molar-refractivity contribution < 1.29 is 4.74 Å². The van der Waals surface area contributed by atoms with Crippen molar-refractivity contribution >= 4 is 0 Å². The highest BCUT2D eigenvalue weighted by atomic mass is 16.5. The number of aryl methyl sites for hydroxylation is 1. The lowest BCUT2D eigenvalue weighted by Gasteiger charge is -2.10. The van der Waals surface area contributed by atoms with Gasteiger partial charge in [-0.1, -0.05) is 60.2 Å². The van der Waals surface area contributed by atoms with E-state index in [4.69, 9.17) is 4.74 Å². The van der Waals surface area contributed by atoms with Crippen LogP contribution in [0.3, 0.4) is 0 Å². The number of benzene rings is 2. The van der Waals surface area contributed by atoms with E-state index in [1.807, 2.05) is 18.2 Å². The van der Waals surface area contributed by atoms with Crippen molar-refractivity contribution in [3.63, 3.8) is 0 Å². The average molecular weight is 277 g/mol. The van der Waals surface area contributed by atoms with Gasteiger partial charge in [0, 0.05) is 5.92 Å². The maximum absolute atomic E-state index is 9.56. The van der Waals surface area contributed by atoms with Gasteiger partial charge in [-0.05, 0) is 24.5 Å². The van der Waals surface area contributed by atoms with Gasteiger partial charge in [0.25, 0.3) is 0 Å². The fourth-order valence-electron chi connectivity index (χ4n) is 2.83. The summed E-state index contributed by atoms with van der Waals surface area (Å²) in [5.41, 5.74) is 3.20. The standard InChI is InChI=1S/C19H19NO/c1-15-7-9-17(10-8-15)19(14-20)11-18(19)13-21-12-16-5-3-2-4-6-16/h2-10,18H,11-13H2,1H3/t18-,19+/m1/s1. The number of ether oxygens (including phenoxy) is 1. The number of hydrogen-bond acceptors (Lipinski definition) is 2. The number of nitrogens with zero attached hydrogens (tertiary/aromatic N) is 1. The fourth-order valence-corrected chi connectivity index (χ4v) is 2.83. The van der Waals surface area contributed by atoms with Crippen LogP contribution in [0.1, 0.15) is 23.1 Å². The molecule has 0 saturated heterocycles. The van der Waals surface area contributed by atoms with Crippen LogP contribution in [-0.2, 0) is 16.8 Å². The van der Waals surface area contributed by atoms with E-state index in [1.165, 1.54) is 11.1 Å². The van der Waals surface area contributed by atoms with E-state index in [-0.39, 0.29) is 5.41 Å². The van der Waals surface area contributed by atoms with Crippen molar-refractivity contribution in [3.05, 3.63) is 71.3 Å². The van der Waals surface area contributed by atoms with Crippen molar-refractivity contribution in [1.82, 2.24) is 0 Å². The predicted octanol–water partition coefficient (Wildman–Crippen LogP) is 3.99. The van der Waals surface area contributed by atoms with Crippen LogP contribution < -0.4 is 0 Å². The molecule has 0 radical (unpaired) electrons. The molecule has 2 aromatic rings. The van der Waals surface area contributed by atoms with Gasteiger partial charge in [0.1, 0.15) is 0 Å². The van der Waals surface area contributed by atoms with Crippen LogP contribution in [-0.4, -0.2) is 6.61 Å². The van der Waals surface area contributed by atoms with Crippen molar-refractivity contribution in [1.29, 1.82) is 5.26 Å². The summed E-state index contributed by atoms with van der Waals surface area (Å²) in [4.78, 5) is 0. The third-order valence-electron chi connectivity index (χ3n) is 4.30. The van der Waals surface area contributed by atoms with Gasteiger partial charge in [-0.15, -0.1) is 0 Å². The molecule has 1 fully saturated rings. The minimum absolute atomic E-state index is 0.314. The topological polar surface area (TPSA) is 33.0 Å². The lowest BCUT2D eigenvalue weighted by molar-refractivity contribution is 0.108. The molecular weight excluding hydrogens is 258 g/mol. The smallest absolute Gasteiger partial charge is 0.0877 e. The van der Waals surface area contributed by atoms with Crippen LogP contribution >= 0.6 is 0 Å². The third kappa shape index (κ3) is 2.84. The first-order chi connectivity index (χ1) is 10.2. The Balaban J connectivity index is 1.59. The fraction of sp³-hybridized carbons (Fsp3) is 0.316. The van der Waals surface area contributed by atoms with E-state index in [2.05, 4.69) is 49.4 Å². The molecule has 3 rings (SSSR count). The molecule has 0 aromatic heterocycles. The van der Waals surface area contributed by atoms with Gasteiger partial charge in [0.2, 0.25) is 0 Å². The summed E-state index contributed by atoms with van der Waals surface area (Å²) in [6.07, 6.45) is 0.904. The average Bonchev–Trinajstić information content (AvgIpc) is 3.24. The summed E-state index contributed by atoms with van der Waals surface area (Å²) in [5, 5.41) is 9.56. The molecule has 2 nitrogen and oxygen atoms in total. The number of rotatable bonds is 5. The molecule has 2 atom stereocenters. The molecule has 1 aliphatic rings. The Morgan fingerprint density at radius 2 is 1.86 bits per heavy atom. The molecule has 0 unspecified atom stereocenters. The molecule has 2 heteroatoms. The summed E-state index contributed by atoms with van der Waals surface area (Å²) in [5.74, 6) is 0.314. The molecular formula is C19H19NO. The SMILES string of the molecule is Cc1ccc([C@@]2(C#N)C[C@@H]2COCc2ccccc2)cc1. The van der Waals surface area contributed by atoms with E-state index in [1.54, 1.807) is 0 Å². The zero-order valence-electron chi connectivity index (χ0n) is 12.3. The second kappa shape index (κ2) is 5.71. The molecule has 0 aliphatic heterocycles. The zero-order chi connectivity index (χ0) is 14.7. The van der Waals surface area contributed by atoms with Crippen molar-refractivity contribution in [2.24, 2.45) is 5.92 Å². The molecule has 106 valence electrons. The molecule has 2 aromatic carbocycles. The summed E-state index contributed by atoms with van der Waals surface area (Å²) in [6, 6.07) is 21.0. The monoisotopic (exact) mass is 277 g/mol. The van der Waals surface area contributed by atoms with E-state index >= 15 is 0 Å².